The van der Waals surface area contributed by atoms with Crippen LogP contribution in [-0.4, -0.2) is 48.2 Å². The maximum absolute atomic E-state index is 12.1. The smallest absolute Gasteiger partial charge is 0.254 e. The lowest BCUT2D eigenvalue weighted by Gasteiger charge is -2.19. The van der Waals surface area contributed by atoms with Crippen molar-refractivity contribution in [2.24, 2.45) is 0 Å². The highest BCUT2D eigenvalue weighted by molar-refractivity contribution is 5.93. The van der Waals surface area contributed by atoms with Crippen LogP contribution in [0.3, 0.4) is 0 Å². The van der Waals surface area contributed by atoms with Crippen molar-refractivity contribution in [3.63, 3.8) is 0 Å². The Morgan fingerprint density at radius 3 is 2.55 bits per heavy atom. The molecule has 1 amide bonds. The monoisotopic (exact) mass is 304 g/mol. The molecule has 1 atom stereocenters. The molecule has 0 aliphatic carbocycles. The number of carbonyl (C=O) groups excluding carboxylic acids is 1. The number of nitrogens with one attached hydrogen (secondary N) is 1. The number of hydrogen-bond donors (Lipinski definition) is 1. The van der Waals surface area contributed by atoms with Gasteiger partial charge >= 0.3 is 0 Å². The van der Waals surface area contributed by atoms with Gasteiger partial charge in [-0.3, -0.25) is 4.79 Å². The summed E-state index contributed by atoms with van der Waals surface area (Å²) in [6.07, 6.45) is 10.4. The molecule has 0 spiro atoms. The van der Waals surface area contributed by atoms with E-state index < -0.39 is 0 Å². The predicted molar refractivity (Wildman–Crippen MR) is 84.0 cm³/mol. The van der Waals surface area contributed by atoms with E-state index >= 15 is 0 Å². The lowest BCUT2D eigenvalue weighted by atomic mass is 10.2. The third kappa shape index (κ3) is 3.94. The molecular weight excluding hydrogens is 280 g/mol. The Morgan fingerprint density at radius 2 is 1.91 bits per heavy atom. The van der Waals surface area contributed by atoms with Crippen LogP contribution in [0.25, 0.3) is 0 Å². The van der Waals surface area contributed by atoms with Gasteiger partial charge in [0.15, 0.2) is 0 Å². The Hall–Kier alpha value is -1.69. The Labute approximate surface area is 131 Å². The SMILES string of the molecule is O=C(NCC1CCCO1)c1cnc(N2CCCCCC2)nc1. The molecule has 2 saturated heterocycles. The van der Waals surface area contributed by atoms with Gasteiger partial charge in [-0.25, -0.2) is 9.97 Å². The van der Waals surface area contributed by atoms with E-state index in [1.807, 2.05) is 0 Å². The van der Waals surface area contributed by atoms with Gasteiger partial charge in [0.1, 0.15) is 0 Å². The molecule has 1 N–H and O–H groups in total. The Balaban J connectivity index is 1.54. The van der Waals surface area contributed by atoms with Crippen LogP contribution in [0.2, 0.25) is 0 Å². The van der Waals surface area contributed by atoms with Gasteiger partial charge in [0, 0.05) is 38.6 Å². The first-order chi connectivity index (χ1) is 10.8. The number of carbonyl (C=O) groups is 1. The lowest BCUT2D eigenvalue weighted by molar-refractivity contribution is 0.0857. The van der Waals surface area contributed by atoms with Gasteiger partial charge in [-0.15, -0.1) is 0 Å². The summed E-state index contributed by atoms with van der Waals surface area (Å²) in [7, 11) is 0. The Kier molecular flexibility index (Phi) is 5.21. The second-order valence-corrected chi connectivity index (χ2v) is 6.02. The summed E-state index contributed by atoms with van der Waals surface area (Å²) in [5.74, 6) is 0.607. The van der Waals surface area contributed by atoms with Crippen molar-refractivity contribution in [1.29, 1.82) is 0 Å². The fourth-order valence-electron chi connectivity index (χ4n) is 2.99. The third-order valence-corrected chi connectivity index (χ3v) is 4.30. The second-order valence-electron chi connectivity index (χ2n) is 6.02. The highest BCUT2D eigenvalue weighted by Crippen LogP contribution is 2.15. The molecule has 1 unspecified atom stereocenters. The number of anilines is 1. The van der Waals surface area contributed by atoms with Crippen molar-refractivity contribution in [2.45, 2.75) is 44.6 Å². The summed E-state index contributed by atoms with van der Waals surface area (Å²) >= 11 is 0. The standard InChI is InChI=1S/C16H24N4O2/c21-15(17-12-14-6-5-9-22-14)13-10-18-16(19-11-13)20-7-3-1-2-4-8-20/h10-11,14H,1-9,12H2,(H,17,21). The normalized spacial score (nSPS) is 22.4. The van der Waals surface area contributed by atoms with Gasteiger partial charge in [0.2, 0.25) is 5.95 Å². The van der Waals surface area contributed by atoms with Crippen LogP contribution in [0.4, 0.5) is 5.95 Å². The van der Waals surface area contributed by atoms with E-state index in [1.54, 1.807) is 12.4 Å². The molecule has 3 heterocycles. The van der Waals surface area contributed by atoms with Crippen molar-refractivity contribution in [2.75, 3.05) is 31.1 Å². The number of ether oxygens (including phenoxy) is 1. The molecular formula is C16H24N4O2. The second kappa shape index (κ2) is 7.54. The van der Waals surface area contributed by atoms with E-state index in [2.05, 4.69) is 20.2 Å². The fourth-order valence-corrected chi connectivity index (χ4v) is 2.99. The minimum atomic E-state index is -0.127. The quantitative estimate of drug-likeness (QED) is 0.918. The summed E-state index contributed by atoms with van der Waals surface area (Å²) in [6.45, 7) is 3.37. The Morgan fingerprint density at radius 1 is 1.18 bits per heavy atom. The van der Waals surface area contributed by atoms with E-state index in [4.69, 9.17) is 4.74 Å². The molecule has 1 aromatic heterocycles. The number of aromatic nitrogens is 2. The van der Waals surface area contributed by atoms with E-state index in [0.717, 1.165) is 38.5 Å². The molecule has 2 fully saturated rings. The molecule has 0 aromatic carbocycles. The molecule has 0 bridgehead atoms. The average molecular weight is 304 g/mol. The minimum Gasteiger partial charge on any atom is -0.376 e. The zero-order chi connectivity index (χ0) is 15.2. The molecule has 6 heteroatoms. The molecule has 2 aliphatic rings. The predicted octanol–water partition coefficient (Wildman–Crippen LogP) is 1.77. The molecule has 0 saturated carbocycles. The molecule has 22 heavy (non-hydrogen) atoms. The first-order valence-corrected chi connectivity index (χ1v) is 8.30. The summed E-state index contributed by atoms with van der Waals surface area (Å²) in [5, 5.41) is 2.89. The minimum absolute atomic E-state index is 0.127. The van der Waals surface area contributed by atoms with Crippen molar-refractivity contribution in [3.05, 3.63) is 18.0 Å². The number of nitrogens with zero attached hydrogens (tertiary/aromatic N) is 3. The maximum atomic E-state index is 12.1. The van der Waals surface area contributed by atoms with Gasteiger partial charge in [-0.05, 0) is 25.7 Å². The topological polar surface area (TPSA) is 67.3 Å². The number of rotatable bonds is 4. The van der Waals surface area contributed by atoms with Gasteiger partial charge in [-0.1, -0.05) is 12.8 Å². The third-order valence-electron chi connectivity index (χ3n) is 4.30. The molecule has 1 aromatic rings. The van der Waals surface area contributed by atoms with Crippen LogP contribution in [0, 0.1) is 0 Å². The van der Waals surface area contributed by atoms with Crippen LogP contribution in [0.1, 0.15) is 48.9 Å². The van der Waals surface area contributed by atoms with E-state index in [1.165, 1.54) is 25.7 Å². The van der Waals surface area contributed by atoms with Gasteiger partial charge in [0.05, 0.1) is 11.7 Å². The van der Waals surface area contributed by atoms with Crippen LogP contribution in [0.5, 0.6) is 0 Å². The number of hydrogen-bond acceptors (Lipinski definition) is 5. The summed E-state index contributed by atoms with van der Waals surface area (Å²) < 4.78 is 5.50. The van der Waals surface area contributed by atoms with Crippen molar-refractivity contribution >= 4 is 11.9 Å². The largest absolute Gasteiger partial charge is 0.376 e. The highest BCUT2D eigenvalue weighted by atomic mass is 16.5. The highest BCUT2D eigenvalue weighted by Gasteiger charge is 2.17. The fraction of sp³-hybridized carbons (Fsp3) is 0.688. The van der Waals surface area contributed by atoms with Crippen LogP contribution in [-0.2, 0) is 4.74 Å². The molecule has 2 aliphatic heterocycles. The van der Waals surface area contributed by atoms with Crippen molar-refractivity contribution < 1.29 is 9.53 Å². The van der Waals surface area contributed by atoms with E-state index in [-0.39, 0.29) is 12.0 Å². The first kappa shape index (κ1) is 15.2. The van der Waals surface area contributed by atoms with Crippen LogP contribution >= 0.6 is 0 Å². The molecule has 120 valence electrons. The molecule has 6 nitrogen and oxygen atoms in total. The summed E-state index contributed by atoms with van der Waals surface area (Å²) in [6, 6.07) is 0. The average Bonchev–Trinajstić information content (AvgIpc) is 2.93. The zero-order valence-corrected chi connectivity index (χ0v) is 13.0. The van der Waals surface area contributed by atoms with E-state index in [0.29, 0.717) is 12.1 Å². The van der Waals surface area contributed by atoms with Gasteiger partial charge < -0.3 is 15.0 Å². The summed E-state index contributed by atoms with van der Waals surface area (Å²) in [4.78, 5) is 23.0. The molecule has 3 rings (SSSR count). The number of amides is 1. The van der Waals surface area contributed by atoms with E-state index in [9.17, 15) is 4.79 Å². The van der Waals surface area contributed by atoms with Crippen molar-refractivity contribution in [1.82, 2.24) is 15.3 Å². The zero-order valence-electron chi connectivity index (χ0n) is 13.0. The van der Waals surface area contributed by atoms with Crippen molar-refractivity contribution in [3.8, 4) is 0 Å². The Bertz CT molecular complexity index is 477. The lowest BCUT2D eigenvalue weighted by Crippen LogP contribution is -2.32. The van der Waals surface area contributed by atoms with Gasteiger partial charge in [0.25, 0.3) is 5.91 Å². The van der Waals surface area contributed by atoms with Gasteiger partial charge in [-0.2, -0.15) is 0 Å². The van der Waals surface area contributed by atoms with Crippen LogP contribution in [0.15, 0.2) is 12.4 Å². The first-order valence-electron chi connectivity index (χ1n) is 8.30. The molecule has 0 radical (unpaired) electrons. The summed E-state index contributed by atoms with van der Waals surface area (Å²) in [5.41, 5.74) is 0.511. The maximum Gasteiger partial charge on any atom is 0.254 e. The van der Waals surface area contributed by atoms with Crippen LogP contribution < -0.4 is 10.2 Å².